The number of fused-ring (bicyclic) bond motifs is 1. The van der Waals surface area contributed by atoms with Crippen LogP contribution in [-0.4, -0.2) is 42.8 Å². The molecule has 13 nitrogen and oxygen atoms in total. The molecule has 2 amide bonds. The molecule has 13 heteroatoms. The van der Waals surface area contributed by atoms with Gasteiger partial charge in [-0.05, 0) is 83.9 Å². The standard InChI is InChI=1S/C32H24N4O9/c1-42-28-15-21(7-12-27(28)45-30(37)14-8-20-5-10-25(11-6-20)36(40)41)18-33-35-32(39)22-3-2-4-24(16-22)34-31(38)23-9-13-26-29(17-23)44-19-43-26/h2-18H,19H2,1H3,(H,34,38)(H,35,39)/b14-8+,33-18?. The second-order valence-electron chi connectivity index (χ2n) is 9.32. The van der Waals surface area contributed by atoms with Crippen LogP contribution in [0.1, 0.15) is 31.8 Å². The van der Waals surface area contributed by atoms with Crippen LogP contribution in [0.3, 0.4) is 0 Å². The largest absolute Gasteiger partial charge is 0.493 e. The number of anilines is 1. The molecule has 0 unspecified atom stereocenters. The van der Waals surface area contributed by atoms with Gasteiger partial charge in [0.25, 0.3) is 17.5 Å². The Balaban J connectivity index is 1.16. The summed E-state index contributed by atoms with van der Waals surface area (Å²) in [6, 6.07) is 21.5. The number of benzene rings is 4. The fourth-order valence-electron chi connectivity index (χ4n) is 4.07. The number of nitro benzene ring substituents is 1. The van der Waals surface area contributed by atoms with E-state index in [9.17, 15) is 24.5 Å². The lowest BCUT2D eigenvalue weighted by atomic mass is 10.1. The van der Waals surface area contributed by atoms with E-state index in [-0.39, 0.29) is 35.4 Å². The first-order valence-electron chi connectivity index (χ1n) is 13.3. The summed E-state index contributed by atoms with van der Waals surface area (Å²) < 4.78 is 21.2. The van der Waals surface area contributed by atoms with E-state index in [1.165, 1.54) is 61.9 Å². The number of hydrazone groups is 1. The van der Waals surface area contributed by atoms with Crippen molar-refractivity contribution in [1.29, 1.82) is 0 Å². The van der Waals surface area contributed by atoms with Crippen LogP contribution in [0.25, 0.3) is 6.08 Å². The number of rotatable bonds is 10. The van der Waals surface area contributed by atoms with Gasteiger partial charge < -0.3 is 24.3 Å². The van der Waals surface area contributed by atoms with Gasteiger partial charge in [0, 0.05) is 35.0 Å². The quantitative estimate of drug-likeness (QED) is 0.0631. The second kappa shape index (κ2) is 13.6. The summed E-state index contributed by atoms with van der Waals surface area (Å²) in [6.07, 6.45) is 4.03. The molecule has 1 heterocycles. The highest BCUT2D eigenvalue weighted by Gasteiger charge is 2.17. The Morgan fingerprint density at radius 2 is 1.62 bits per heavy atom. The predicted octanol–water partition coefficient (Wildman–Crippen LogP) is 4.97. The minimum Gasteiger partial charge on any atom is -0.493 e. The summed E-state index contributed by atoms with van der Waals surface area (Å²) >= 11 is 0. The molecule has 2 N–H and O–H groups in total. The number of nitrogens with zero attached hydrogens (tertiary/aromatic N) is 2. The number of non-ortho nitro benzene ring substituents is 1. The van der Waals surface area contributed by atoms with Gasteiger partial charge in [-0.15, -0.1) is 0 Å². The molecule has 0 bridgehead atoms. The van der Waals surface area contributed by atoms with E-state index in [1.807, 2.05) is 0 Å². The summed E-state index contributed by atoms with van der Waals surface area (Å²) in [5, 5.41) is 17.5. The maximum atomic E-state index is 12.7. The lowest BCUT2D eigenvalue weighted by molar-refractivity contribution is -0.384. The van der Waals surface area contributed by atoms with Crippen molar-refractivity contribution < 1.29 is 38.3 Å². The summed E-state index contributed by atoms with van der Waals surface area (Å²) in [6.45, 7) is 0.0986. The van der Waals surface area contributed by atoms with E-state index in [0.29, 0.717) is 33.9 Å². The Morgan fingerprint density at radius 1 is 0.867 bits per heavy atom. The van der Waals surface area contributed by atoms with Crippen molar-refractivity contribution in [3.63, 3.8) is 0 Å². The van der Waals surface area contributed by atoms with Gasteiger partial charge in [0.05, 0.1) is 18.2 Å². The van der Waals surface area contributed by atoms with Crippen LogP contribution in [0.4, 0.5) is 11.4 Å². The normalized spacial score (nSPS) is 11.8. The van der Waals surface area contributed by atoms with Crippen LogP contribution < -0.4 is 29.7 Å². The average molecular weight is 609 g/mol. The maximum Gasteiger partial charge on any atom is 0.336 e. The number of nitro groups is 1. The average Bonchev–Trinajstić information content (AvgIpc) is 3.53. The third-order valence-electron chi connectivity index (χ3n) is 6.31. The van der Waals surface area contributed by atoms with Gasteiger partial charge in [0.15, 0.2) is 23.0 Å². The highest BCUT2D eigenvalue weighted by molar-refractivity contribution is 6.05. The van der Waals surface area contributed by atoms with Crippen molar-refractivity contribution in [2.45, 2.75) is 0 Å². The van der Waals surface area contributed by atoms with Gasteiger partial charge in [0.2, 0.25) is 6.79 Å². The number of ether oxygens (including phenoxy) is 4. The molecule has 1 aliphatic rings. The van der Waals surface area contributed by atoms with Gasteiger partial charge in [0.1, 0.15) is 0 Å². The van der Waals surface area contributed by atoms with Crippen LogP contribution in [0.2, 0.25) is 0 Å². The molecule has 0 saturated carbocycles. The molecule has 0 aliphatic carbocycles. The third-order valence-corrected chi connectivity index (χ3v) is 6.31. The molecule has 5 rings (SSSR count). The van der Waals surface area contributed by atoms with Gasteiger partial charge in [-0.3, -0.25) is 19.7 Å². The van der Waals surface area contributed by atoms with Crippen LogP contribution >= 0.6 is 0 Å². The summed E-state index contributed by atoms with van der Waals surface area (Å²) in [4.78, 5) is 48.0. The molecule has 0 aromatic heterocycles. The highest BCUT2D eigenvalue weighted by atomic mass is 16.7. The molecule has 0 fully saturated rings. The molecule has 226 valence electrons. The number of hydrogen-bond donors (Lipinski definition) is 2. The molecule has 4 aromatic carbocycles. The van der Waals surface area contributed by atoms with E-state index in [2.05, 4.69) is 15.8 Å². The van der Waals surface area contributed by atoms with Crippen molar-refractivity contribution in [3.05, 3.63) is 123 Å². The monoisotopic (exact) mass is 608 g/mol. The maximum absolute atomic E-state index is 12.7. The highest BCUT2D eigenvalue weighted by Crippen LogP contribution is 2.33. The van der Waals surface area contributed by atoms with Gasteiger partial charge in [-0.2, -0.15) is 5.10 Å². The van der Waals surface area contributed by atoms with Gasteiger partial charge >= 0.3 is 5.97 Å². The molecule has 0 radical (unpaired) electrons. The molecular weight excluding hydrogens is 584 g/mol. The van der Waals surface area contributed by atoms with Crippen molar-refractivity contribution in [1.82, 2.24) is 5.43 Å². The van der Waals surface area contributed by atoms with Gasteiger partial charge in [-0.1, -0.05) is 6.07 Å². The fourth-order valence-corrected chi connectivity index (χ4v) is 4.07. The zero-order valence-electron chi connectivity index (χ0n) is 23.6. The SMILES string of the molecule is COc1cc(C=NNC(=O)c2cccc(NC(=O)c3ccc4c(c3)OCO4)c2)ccc1OC(=O)/C=C/c1ccc([N+](=O)[O-])cc1. The molecular formula is C32H24N4O9. The second-order valence-corrected chi connectivity index (χ2v) is 9.32. The number of hydrogen-bond acceptors (Lipinski definition) is 10. The number of carbonyl (C=O) groups excluding carboxylic acids is 3. The Hall–Kier alpha value is -6.50. The number of amides is 2. The molecule has 0 saturated heterocycles. The molecule has 0 spiro atoms. The number of methoxy groups -OCH3 is 1. The molecule has 1 aliphatic heterocycles. The molecule has 0 atom stereocenters. The lowest BCUT2D eigenvalue weighted by Gasteiger charge is -2.09. The van der Waals surface area contributed by atoms with E-state index < -0.39 is 16.8 Å². The first kappa shape index (κ1) is 30.0. The summed E-state index contributed by atoms with van der Waals surface area (Å²) in [7, 11) is 1.40. The Kier molecular flexibility index (Phi) is 9.09. The van der Waals surface area contributed by atoms with E-state index in [4.69, 9.17) is 18.9 Å². The predicted molar refractivity (Wildman–Crippen MR) is 163 cm³/mol. The topological polar surface area (TPSA) is 168 Å². The summed E-state index contributed by atoms with van der Waals surface area (Å²) in [5.41, 5.74) is 4.53. The van der Waals surface area contributed by atoms with Crippen molar-refractivity contribution >= 4 is 41.4 Å². The Labute approximate surface area is 255 Å². The van der Waals surface area contributed by atoms with E-state index >= 15 is 0 Å². The third kappa shape index (κ3) is 7.67. The zero-order chi connectivity index (χ0) is 31.8. The minimum atomic E-state index is -0.686. The number of nitrogens with one attached hydrogen (secondary N) is 2. The number of carbonyl (C=O) groups is 3. The minimum absolute atomic E-state index is 0.0586. The molecule has 45 heavy (non-hydrogen) atoms. The summed E-state index contributed by atoms with van der Waals surface area (Å²) in [5.74, 6) is -0.138. The smallest absolute Gasteiger partial charge is 0.336 e. The van der Waals surface area contributed by atoms with Gasteiger partial charge in [-0.25, -0.2) is 10.2 Å². The fraction of sp³-hybridized carbons (Fsp3) is 0.0625. The van der Waals surface area contributed by atoms with Crippen LogP contribution in [-0.2, 0) is 4.79 Å². The molecule has 4 aromatic rings. The zero-order valence-corrected chi connectivity index (χ0v) is 23.6. The Bertz CT molecular complexity index is 1840. The first-order valence-corrected chi connectivity index (χ1v) is 13.3. The lowest BCUT2D eigenvalue weighted by Crippen LogP contribution is -2.18. The Morgan fingerprint density at radius 3 is 2.40 bits per heavy atom. The van der Waals surface area contributed by atoms with E-state index in [1.54, 1.807) is 48.5 Å². The first-order chi connectivity index (χ1) is 21.8. The van der Waals surface area contributed by atoms with Crippen molar-refractivity contribution in [2.24, 2.45) is 5.10 Å². The van der Waals surface area contributed by atoms with Crippen LogP contribution in [0.5, 0.6) is 23.0 Å². The van der Waals surface area contributed by atoms with E-state index in [0.717, 1.165) is 0 Å². The van der Waals surface area contributed by atoms with Crippen molar-refractivity contribution in [3.8, 4) is 23.0 Å². The van der Waals surface area contributed by atoms with Crippen LogP contribution in [0, 0.1) is 10.1 Å². The van der Waals surface area contributed by atoms with Crippen LogP contribution in [0.15, 0.2) is 96.1 Å². The van der Waals surface area contributed by atoms with Crippen molar-refractivity contribution in [2.75, 3.05) is 19.2 Å². The number of esters is 1.